The molecule has 0 radical (unpaired) electrons. The molecule has 2 fully saturated rings. The maximum atomic E-state index is 3.87. The van der Waals surface area contributed by atoms with Crippen molar-refractivity contribution in [1.29, 1.82) is 0 Å². The van der Waals surface area contributed by atoms with Gasteiger partial charge in [-0.3, -0.25) is 0 Å². The lowest BCUT2D eigenvalue weighted by Gasteiger charge is -2.43. The fourth-order valence-corrected chi connectivity index (χ4v) is 4.97. The topological polar surface area (TPSA) is 27.8 Å². The number of fused-ring (bicyclic) bond motifs is 3. The van der Waals surface area contributed by atoms with Crippen molar-refractivity contribution in [2.24, 2.45) is 16.7 Å². The third kappa shape index (κ3) is 1.57. The lowest BCUT2D eigenvalue weighted by molar-refractivity contribution is 0.155. The van der Waals surface area contributed by atoms with Gasteiger partial charge in [0.25, 0.3) is 0 Å². The Morgan fingerprint density at radius 1 is 1.20 bits per heavy atom. The van der Waals surface area contributed by atoms with Crippen LogP contribution in [-0.4, -0.2) is 11.0 Å². The molecule has 0 aliphatic heterocycles. The highest BCUT2D eigenvalue weighted by Crippen LogP contribution is 2.63. The number of nitrogens with one attached hydrogen (secondary N) is 2. The molecule has 2 bridgehead atoms. The van der Waals surface area contributed by atoms with Gasteiger partial charge in [0, 0.05) is 28.8 Å². The molecule has 0 spiro atoms. The van der Waals surface area contributed by atoms with Gasteiger partial charge in [0.15, 0.2) is 0 Å². The fourth-order valence-electron chi connectivity index (χ4n) is 4.97. The Kier molecular flexibility index (Phi) is 2.34. The number of aromatic nitrogens is 1. The van der Waals surface area contributed by atoms with E-state index in [2.05, 4.69) is 55.3 Å². The van der Waals surface area contributed by atoms with E-state index in [1.807, 2.05) is 6.20 Å². The molecule has 1 aromatic heterocycles. The van der Waals surface area contributed by atoms with Crippen LogP contribution in [0, 0.1) is 16.7 Å². The zero-order valence-corrected chi connectivity index (χ0v) is 12.7. The Labute approximate surface area is 121 Å². The predicted molar refractivity (Wildman–Crippen MR) is 84.9 cm³/mol. The van der Waals surface area contributed by atoms with Gasteiger partial charge in [0.05, 0.1) is 0 Å². The number of benzene rings is 1. The summed E-state index contributed by atoms with van der Waals surface area (Å²) in [4.78, 5) is 3.26. The van der Waals surface area contributed by atoms with Gasteiger partial charge in [-0.2, -0.15) is 0 Å². The van der Waals surface area contributed by atoms with Crippen molar-refractivity contribution in [2.45, 2.75) is 46.1 Å². The monoisotopic (exact) mass is 268 g/mol. The molecule has 20 heavy (non-hydrogen) atoms. The summed E-state index contributed by atoms with van der Waals surface area (Å²) in [6, 6.07) is 9.40. The van der Waals surface area contributed by atoms with Crippen molar-refractivity contribution in [1.82, 2.24) is 4.98 Å². The Hall–Kier alpha value is -1.44. The van der Waals surface area contributed by atoms with Gasteiger partial charge in [-0.1, -0.05) is 20.8 Å². The number of hydrogen-bond acceptors (Lipinski definition) is 1. The molecule has 4 rings (SSSR count). The van der Waals surface area contributed by atoms with E-state index in [0.29, 0.717) is 16.9 Å². The minimum atomic E-state index is 0.403. The molecule has 1 heterocycles. The lowest BCUT2D eigenvalue weighted by Crippen LogP contribution is -2.45. The predicted octanol–water partition coefficient (Wildman–Crippen LogP) is 4.79. The second kappa shape index (κ2) is 3.81. The first-order valence-electron chi connectivity index (χ1n) is 7.83. The highest BCUT2D eigenvalue weighted by molar-refractivity contribution is 5.83. The van der Waals surface area contributed by atoms with Crippen LogP contribution < -0.4 is 5.32 Å². The Morgan fingerprint density at radius 2 is 2.05 bits per heavy atom. The molecule has 2 nitrogen and oxygen atoms in total. The third-order valence-corrected chi connectivity index (χ3v) is 6.13. The quantitative estimate of drug-likeness (QED) is 0.805. The first-order chi connectivity index (χ1) is 9.49. The van der Waals surface area contributed by atoms with Crippen molar-refractivity contribution in [2.75, 3.05) is 5.32 Å². The minimum Gasteiger partial charge on any atom is -0.381 e. The maximum Gasteiger partial charge on any atom is 0.0455 e. The van der Waals surface area contributed by atoms with E-state index < -0.39 is 0 Å². The van der Waals surface area contributed by atoms with Crippen LogP contribution >= 0.6 is 0 Å². The van der Waals surface area contributed by atoms with Gasteiger partial charge in [0.1, 0.15) is 0 Å². The minimum absolute atomic E-state index is 0.403. The molecule has 1 aromatic carbocycles. The van der Waals surface area contributed by atoms with Crippen LogP contribution in [0.4, 0.5) is 5.69 Å². The van der Waals surface area contributed by atoms with Crippen LogP contribution in [0.15, 0.2) is 30.5 Å². The molecule has 2 N–H and O–H groups in total. The Bertz CT molecular complexity index is 649. The van der Waals surface area contributed by atoms with Crippen molar-refractivity contribution in [3.8, 4) is 0 Å². The van der Waals surface area contributed by atoms with Crippen molar-refractivity contribution >= 4 is 16.6 Å². The van der Waals surface area contributed by atoms with Gasteiger partial charge in [-0.25, -0.2) is 0 Å². The van der Waals surface area contributed by atoms with Crippen molar-refractivity contribution in [3.05, 3.63) is 30.5 Å². The average Bonchev–Trinajstić information content (AvgIpc) is 3.05. The van der Waals surface area contributed by atoms with E-state index in [1.165, 1.54) is 35.9 Å². The summed E-state index contributed by atoms with van der Waals surface area (Å²) in [5.41, 5.74) is 3.36. The largest absolute Gasteiger partial charge is 0.381 e. The van der Waals surface area contributed by atoms with Crippen LogP contribution in [0.5, 0.6) is 0 Å². The number of rotatable bonds is 2. The fraction of sp³-hybridized carbons (Fsp3) is 0.556. The van der Waals surface area contributed by atoms with Crippen LogP contribution in [0.1, 0.15) is 40.0 Å². The molecule has 3 unspecified atom stereocenters. The summed E-state index contributed by atoms with van der Waals surface area (Å²) >= 11 is 0. The molecule has 0 amide bonds. The van der Waals surface area contributed by atoms with Crippen LogP contribution in [0.3, 0.4) is 0 Å². The lowest BCUT2D eigenvalue weighted by atomic mass is 9.68. The molecule has 2 aromatic rings. The van der Waals surface area contributed by atoms with E-state index >= 15 is 0 Å². The average molecular weight is 268 g/mol. The molecular weight excluding hydrogens is 244 g/mol. The Morgan fingerprint density at radius 3 is 2.80 bits per heavy atom. The summed E-state index contributed by atoms with van der Waals surface area (Å²) in [5, 5.41) is 5.16. The number of anilines is 1. The van der Waals surface area contributed by atoms with Gasteiger partial charge >= 0.3 is 0 Å². The number of hydrogen-bond donors (Lipinski definition) is 2. The molecule has 2 saturated carbocycles. The van der Waals surface area contributed by atoms with Gasteiger partial charge < -0.3 is 10.3 Å². The molecular formula is C18H24N2. The van der Waals surface area contributed by atoms with E-state index in [9.17, 15) is 0 Å². The maximum absolute atomic E-state index is 3.87. The first kappa shape index (κ1) is 12.3. The van der Waals surface area contributed by atoms with E-state index in [4.69, 9.17) is 0 Å². The summed E-state index contributed by atoms with van der Waals surface area (Å²) in [5.74, 6) is 0.890. The second-order valence-electron chi connectivity index (χ2n) is 7.77. The van der Waals surface area contributed by atoms with Crippen LogP contribution in [0.25, 0.3) is 10.9 Å². The molecule has 3 atom stereocenters. The summed E-state index contributed by atoms with van der Waals surface area (Å²) in [6.45, 7) is 7.39. The smallest absolute Gasteiger partial charge is 0.0455 e. The number of aromatic amines is 1. The highest BCUT2D eigenvalue weighted by atomic mass is 15.0. The molecule has 2 aliphatic rings. The van der Waals surface area contributed by atoms with E-state index in [-0.39, 0.29) is 0 Å². The van der Waals surface area contributed by atoms with E-state index in [1.54, 1.807) is 0 Å². The molecule has 106 valence electrons. The van der Waals surface area contributed by atoms with Crippen molar-refractivity contribution in [3.63, 3.8) is 0 Å². The van der Waals surface area contributed by atoms with Crippen molar-refractivity contribution < 1.29 is 0 Å². The van der Waals surface area contributed by atoms with Gasteiger partial charge in [-0.05, 0) is 60.3 Å². The highest BCUT2D eigenvalue weighted by Gasteiger charge is 2.59. The van der Waals surface area contributed by atoms with Gasteiger partial charge in [-0.15, -0.1) is 0 Å². The van der Waals surface area contributed by atoms with Gasteiger partial charge in [0.2, 0.25) is 0 Å². The number of H-pyrrole nitrogens is 1. The second-order valence-corrected chi connectivity index (χ2v) is 7.77. The van der Waals surface area contributed by atoms with Crippen LogP contribution in [-0.2, 0) is 0 Å². The standard InChI is InChI=1S/C18H24N2/c1-17(2)13-6-8-18(3,11-13)16(17)20-14-4-5-15-12(10-14)7-9-19-15/h4-5,7,9-10,13,16,19-20H,6,8,11H2,1-3H3. The first-order valence-corrected chi connectivity index (χ1v) is 7.83. The van der Waals surface area contributed by atoms with Crippen LogP contribution in [0.2, 0.25) is 0 Å². The molecule has 0 saturated heterocycles. The zero-order valence-electron chi connectivity index (χ0n) is 12.7. The summed E-state index contributed by atoms with van der Waals surface area (Å²) < 4.78 is 0. The Balaban J connectivity index is 1.67. The SMILES string of the molecule is CC12CCC(C1)C(C)(C)C2Nc1ccc2[nH]ccc2c1. The van der Waals surface area contributed by atoms with E-state index in [0.717, 1.165) is 5.92 Å². The zero-order chi connectivity index (χ0) is 14.0. The summed E-state index contributed by atoms with van der Waals surface area (Å²) in [6.07, 6.45) is 6.20. The molecule has 2 heteroatoms. The third-order valence-electron chi connectivity index (χ3n) is 6.13. The molecule has 2 aliphatic carbocycles. The summed E-state index contributed by atoms with van der Waals surface area (Å²) in [7, 11) is 0. The normalized spacial score (nSPS) is 34.8.